The van der Waals surface area contributed by atoms with Gasteiger partial charge in [0.15, 0.2) is 17.4 Å². The quantitative estimate of drug-likeness (QED) is 0.638. The molecule has 1 nitrogen and oxygen atoms in total. The minimum Gasteiger partial charge on any atom is -0.475 e. The van der Waals surface area contributed by atoms with Gasteiger partial charge in [0.05, 0.1) is 0 Å². The summed E-state index contributed by atoms with van der Waals surface area (Å²) in [5.74, 6) is 3.31. The van der Waals surface area contributed by atoms with Crippen LogP contribution in [0.15, 0.2) is 18.2 Å². The van der Waals surface area contributed by atoms with Gasteiger partial charge in [-0.2, -0.15) is 0 Å². The van der Waals surface area contributed by atoms with Crippen molar-refractivity contribution in [2.75, 3.05) is 6.61 Å². The van der Waals surface area contributed by atoms with Crippen LogP contribution in [-0.4, -0.2) is 6.61 Å². The van der Waals surface area contributed by atoms with Gasteiger partial charge in [0.2, 0.25) is 0 Å². The Morgan fingerprint density at radius 3 is 2.46 bits per heavy atom. The van der Waals surface area contributed by atoms with Crippen LogP contribution in [0.1, 0.15) is 6.92 Å². The van der Waals surface area contributed by atoms with Gasteiger partial charge in [0, 0.05) is 0 Å². The SMILES string of the molecule is CC#CCOc1c(F)cccc1F. The van der Waals surface area contributed by atoms with Gasteiger partial charge >= 0.3 is 0 Å². The second-order valence-electron chi connectivity index (χ2n) is 2.27. The molecule has 0 bridgehead atoms. The number of para-hydroxylation sites is 1. The third kappa shape index (κ3) is 2.45. The Hall–Kier alpha value is -1.56. The molecule has 0 fully saturated rings. The molecule has 1 aromatic carbocycles. The van der Waals surface area contributed by atoms with Crippen molar-refractivity contribution in [3.05, 3.63) is 29.8 Å². The standard InChI is InChI=1S/C10H8F2O/c1-2-3-7-13-10-8(11)5-4-6-9(10)12/h4-6H,7H2,1H3. The zero-order chi connectivity index (χ0) is 9.68. The van der Waals surface area contributed by atoms with Crippen LogP contribution in [0, 0.1) is 23.5 Å². The average molecular weight is 182 g/mol. The highest BCUT2D eigenvalue weighted by molar-refractivity contribution is 5.26. The fraction of sp³-hybridized carbons (Fsp3) is 0.200. The minimum atomic E-state index is -0.710. The third-order valence-electron chi connectivity index (χ3n) is 1.38. The van der Waals surface area contributed by atoms with Crippen molar-refractivity contribution in [1.29, 1.82) is 0 Å². The molecular formula is C10H8F2O. The van der Waals surface area contributed by atoms with Gasteiger partial charge < -0.3 is 4.74 Å². The fourth-order valence-corrected chi connectivity index (χ4v) is 0.801. The summed E-state index contributed by atoms with van der Waals surface area (Å²) in [6.45, 7) is 1.62. The summed E-state index contributed by atoms with van der Waals surface area (Å²) in [5.41, 5.74) is 0. The summed E-state index contributed by atoms with van der Waals surface area (Å²) >= 11 is 0. The number of hydrogen-bond acceptors (Lipinski definition) is 1. The third-order valence-corrected chi connectivity index (χ3v) is 1.38. The van der Waals surface area contributed by atoms with E-state index in [1.54, 1.807) is 6.92 Å². The van der Waals surface area contributed by atoms with Crippen molar-refractivity contribution in [3.8, 4) is 17.6 Å². The summed E-state index contributed by atoms with van der Waals surface area (Å²) in [6.07, 6.45) is 0. The van der Waals surface area contributed by atoms with Crippen LogP contribution in [0.5, 0.6) is 5.75 Å². The molecule has 0 aliphatic rings. The lowest BCUT2D eigenvalue weighted by atomic mass is 10.3. The second kappa shape index (κ2) is 4.46. The molecule has 0 aliphatic heterocycles. The molecule has 13 heavy (non-hydrogen) atoms. The normalized spacial score (nSPS) is 8.85. The molecule has 0 saturated heterocycles. The van der Waals surface area contributed by atoms with Crippen molar-refractivity contribution in [3.63, 3.8) is 0 Å². The minimum absolute atomic E-state index is 0.00560. The zero-order valence-corrected chi connectivity index (χ0v) is 7.10. The predicted molar refractivity (Wildman–Crippen MR) is 45.3 cm³/mol. The Balaban J connectivity index is 2.79. The van der Waals surface area contributed by atoms with E-state index < -0.39 is 11.6 Å². The first-order valence-corrected chi connectivity index (χ1v) is 3.72. The van der Waals surface area contributed by atoms with Gasteiger partial charge in [0.25, 0.3) is 0 Å². The van der Waals surface area contributed by atoms with Crippen molar-refractivity contribution < 1.29 is 13.5 Å². The molecule has 3 heteroatoms. The Morgan fingerprint density at radius 1 is 1.31 bits per heavy atom. The monoisotopic (exact) mass is 182 g/mol. The van der Waals surface area contributed by atoms with E-state index >= 15 is 0 Å². The predicted octanol–water partition coefficient (Wildman–Crippen LogP) is 2.37. The Kier molecular flexibility index (Phi) is 3.27. The molecule has 0 aliphatic carbocycles. The molecule has 0 saturated carbocycles. The molecular weight excluding hydrogens is 174 g/mol. The molecule has 68 valence electrons. The average Bonchev–Trinajstić information content (AvgIpc) is 2.10. The number of halogens is 2. The molecule has 0 spiro atoms. The lowest BCUT2D eigenvalue weighted by Gasteiger charge is -2.03. The first kappa shape index (κ1) is 9.53. The van der Waals surface area contributed by atoms with Crippen LogP contribution in [0.2, 0.25) is 0 Å². The maximum Gasteiger partial charge on any atom is 0.191 e. The summed E-state index contributed by atoms with van der Waals surface area (Å²) in [4.78, 5) is 0. The molecule has 0 amide bonds. The maximum absolute atomic E-state index is 12.9. The van der Waals surface area contributed by atoms with Gasteiger partial charge in [-0.05, 0) is 19.1 Å². The Labute approximate surface area is 75.3 Å². The van der Waals surface area contributed by atoms with E-state index in [1.807, 2.05) is 0 Å². The lowest BCUT2D eigenvalue weighted by Crippen LogP contribution is -1.98. The Bertz CT molecular complexity index is 329. The number of benzene rings is 1. The summed E-state index contributed by atoms with van der Waals surface area (Å²) in [7, 11) is 0. The van der Waals surface area contributed by atoms with E-state index in [2.05, 4.69) is 11.8 Å². The van der Waals surface area contributed by atoms with Crippen LogP contribution >= 0.6 is 0 Å². The van der Waals surface area contributed by atoms with Crippen LogP contribution in [0.25, 0.3) is 0 Å². The summed E-state index contributed by atoms with van der Waals surface area (Å²) in [6, 6.07) is 3.55. The van der Waals surface area contributed by atoms with E-state index in [4.69, 9.17) is 4.74 Å². The first-order chi connectivity index (χ1) is 6.25. The van der Waals surface area contributed by atoms with E-state index in [0.717, 1.165) is 12.1 Å². The van der Waals surface area contributed by atoms with Crippen LogP contribution in [0.3, 0.4) is 0 Å². The van der Waals surface area contributed by atoms with Gasteiger partial charge in [-0.25, -0.2) is 8.78 Å². The fourth-order valence-electron chi connectivity index (χ4n) is 0.801. The van der Waals surface area contributed by atoms with Gasteiger partial charge in [-0.1, -0.05) is 12.0 Å². The van der Waals surface area contributed by atoms with Gasteiger partial charge in [0.1, 0.15) is 6.61 Å². The van der Waals surface area contributed by atoms with Crippen molar-refractivity contribution in [2.45, 2.75) is 6.92 Å². The smallest absolute Gasteiger partial charge is 0.191 e. The van der Waals surface area contributed by atoms with E-state index in [-0.39, 0.29) is 12.4 Å². The van der Waals surface area contributed by atoms with Crippen LogP contribution < -0.4 is 4.74 Å². The lowest BCUT2D eigenvalue weighted by molar-refractivity contribution is 0.326. The largest absolute Gasteiger partial charge is 0.475 e. The number of rotatable bonds is 2. The maximum atomic E-state index is 12.9. The number of hydrogen-bond donors (Lipinski definition) is 0. The summed E-state index contributed by atoms with van der Waals surface area (Å²) < 4.78 is 30.5. The molecule has 0 N–H and O–H groups in total. The second-order valence-corrected chi connectivity index (χ2v) is 2.27. The van der Waals surface area contributed by atoms with E-state index in [9.17, 15) is 8.78 Å². The zero-order valence-electron chi connectivity index (χ0n) is 7.10. The topological polar surface area (TPSA) is 9.23 Å². The highest BCUT2D eigenvalue weighted by atomic mass is 19.1. The molecule has 1 rings (SSSR count). The highest BCUT2D eigenvalue weighted by Crippen LogP contribution is 2.20. The molecule has 0 heterocycles. The molecule has 1 aromatic rings. The van der Waals surface area contributed by atoms with Crippen LogP contribution in [-0.2, 0) is 0 Å². The van der Waals surface area contributed by atoms with Crippen molar-refractivity contribution in [2.24, 2.45) is 0 Å². The molecule has 0 unspecified atom stereocenters. The highest BCUT2D eigenvalue weighted by Gasteiger charge is 2.07. The van der Waals surface area contributed by atoms with Crippen LogP contribution in [0.4, 0.5) is 8.78 Å². The van der Waals surface area contributed by atoms with Crippen molar-refractivity contribution in [1.82, 2.24) is 0 Å². The molecule has 0 atom stereocenters. The first-order valence-electron chi connectivity index (χ1n) is 3.72. The van der Waals surface area contributed by atoms with Crippen molar-refractivity contribution >= 4 is 0 Å². The Morgan fingerprint density at radius 2 is 1.92 bits per heavy atom. The molecule has 0 radical (unpaired) electrons. The van der Waals surface area contributed by atoms with E-state index in [1.165, 1.54) is 6.07 Å². The van der Waals surface area contributed by atoms with Gasteiger partial charge in [-0.15, -0.1) is 5.92 Å². The van der Waals surface area contributed by atoms with E-state index in [0.29, 0.717) is 0 Å². The number of ether oxygens (including phenoxy) is 1. The molecule has 0 aromatic heterocycles. The van der Waals surface area contributed by atoms with Gasteiger partial charge in [-0.3, -0.25) is 0 Å². The summed E-state index contributed by atoms with van der Waals surface area (Å²) in [5, 5.41) is 0.